The lowest BCUT2D eigenvalue weighted by Crippen LogP contribution is -2.53. The number of hydrogen-bond donors (Lipinski definition) is 1. The van der Waals surface area contributed by atoms with Gasteiger partial charge in [0.15, 0.2) is 0 Å². The molecule has 0 aromatic carbocycles. The van der Waals surface area contributed by atoms with Crippen LogP contribution in [0.5, 0.6) is 0 Å². The van der Waals surface area contributed by atoms with Crippen LogP contribution in [-0.4, -0.2) is 35.2 Å². The van der Waals surface area contributed by atoms with Crippen LogP contribution in [0.3, 0.4) is 0 Å². The van der Waals surface area contributed by atoms with Crippen LogP contribution in [0, 0.1) is 5.41 Å². The van der Waals surface area contributed by atoms with Gasteiger partial charge < -0.3 is 5.11 Å². The van der Waals surface area contributed by atoms with Gasteiger partial charge in [-0.15, -0.1) is 0 Å². The van der Waals surface area contributed by atoms with E-state index in [1.165, 1.54) is 19.3 Å². The highest BCUT2D eigenvalue weighted by Gasteiger charge is 2.40. The van der Waals surface area contributed by atoms with E-state index in [4.69, 9.17) is 0 Å². The van der Waals surface area contributed by atoms with Crippen LogP contribution in [-0.2, 0) is 0 Å². The Morgan fingerprint density at radius 2 is 1.88 bits per heavy atom. The summed E-state index contributed by atoms with van der Waals surface area (Å²) in [7, 11) is 2.19. The van der Waals surface area contributed by atoms with Gasteiger partial charge in [-0.05, 0) is 38.1 Å². The second-order valence-corrected chi connectivity index (χ2v) is 6.03. The van der Waals surface area contributed by atoms with E-state index >= 15 is 0 Å². The van der Waals surface area contributed by atoms with Crippen molar-refractivity contribution >= 4 is 0 Å². The molecule has 2 heteroatoms. The highest BCUT2D eigenvalue weighted by Crippen LogP contribution is 2.38. The van der Waals surface area contributed by atoms with Crippen molar-refractivity contribution in [2.24, 2.45) is 5.41 Å². The van der Waals surface area contributed by atoms with Gasteiger partial charge in [0.1, 0.15) is 0 Å². The van der Waals surface area contributed by atoms with E-state index in [0.29, 0.717) is 12.1 Å². The van der Waals surface area contributed by atoms with Gasteiger partial charge in [0.25, 0.3) is 0 Å². The molecule has 0 heterocycles. The summed E-state index contributed by atoms with van der Waals surface area (Å²) in [6, 6.07) is 0.974. The molecule has 0 aromatic rings. The van der Waals surface area contributed by atoms with Crippen LogP contribution >= 0.6 is 0 Å². The molecule has 2 nitrogen and oxygen atoms in total. The molecule has 0 saturated heterocycles. The molecule has 1 aliphatic carbocycles. The van der Waals surface area contributed by atoms with E-state index < -0.39 is 0 Å². The SMILES string of the molecule is CCC(CC)N(C)C1CCCC(C)(C)C1O. The van der Waals surface area contributed by atoms with Crippen LogP contribution in [0.1, 0.15) is 59.8 Å². The molecule has 2 unspecified atom stereocenters. The molecule has 1 saturated carbocycles. The number of hydrogen-bond acceptors (Lipinski definition) is 2. The Morgan fingerprint density at radius 3 is 2.38 bits per heavy atom. The van der Waals surface area contributed by atoms with Crippen molar-refractivity contribution in [3.8, 4) is 0 Å². The normalized spacial score (nSPS) is 30.0. The molecular weight excluding hydrogens is 198 g/mol. The fraction of sp³-hybridized carbons (Fsp3) is 1.00. The van der Waals surface area contributed by atoms with Gasteiger partial charge >= 0.3 is 0 Å². The van der Waals surface area contributed by atoms with Crippen LogP contribution in [0.15, 0.2) is 0 Å². The van der Waals surface area contributed by atoms with Crippen molar-refractivity contribution in [2.45, 2.75) is 78.0 Å². The molecule has 2 atom stereocenters. The Hall–Kier alpha value is -0.0800. The van der Waals surface area contributed by atoms with Gasteiger partial charge in [0.2, 0.25) is 0 Å². The van der Waals surface area contributed by atoms with Crippen LogP contribution in [0.2, 0.25) is 0 Å². The van der Waals surface area contributed by atoms with E-state index in [2.05, 4.69) is 39.6 Å². The molecule has 96 valence electrons. The summed E-state index contributed by atoms with van der Waals surface area (Å²) in [5, 5.41) is 10.5. The molecule has 0 amide bonds. The molecule has 0 aromatic heterocycles. The Balaban J connectivity index is 2.71. The highest BCUT2D eigenvalue weighted by molar-refractivity contribution is 4.93. The molecule has 0 spiro atoms. The quantitative estimate of drug-likeness (QED) is 0.798. The van der Waals surface area contributed by atoms with Gasteiger partial charge in [-0.3, -0.25) is 4.90 Å². The first kappa shape index (κ1) is 14.0. The summed E-state index contributed by atoms with van der Waals surface area (Å²) in [5.74, 6) is 0. The fourth-order valence-corrected chi connectivity index (χ4v) is 3.16. The molecular formula is C14H29NO. The molecule has 1 N–H and O–H groups in total. The fourth-order valence-electron chi connectivity index (χ4n) is 3.16. The van der Waals surface area contributed by atoms with Gasteiger partial charge in [-0.2, -0.15) is 0 Å². The lowest BCUT2D eigenvalue weighted by Gasteiger charge is -2.46. The first-order chi connectivity index (χ1) is 7.44. The van der Waals surface area contributed by atoms with Gasteiger partial charge in [0, 0.05) is 12.1 Å². The third-order valence-electron chi connectivity index (χ3n) is 4.53. The summed E-state index contributed by atoms with van der Waals surface area (Å²) in [4.78, 5) is 2.42. The maximum Gasteiger partial charge on any atom is 0.0746 e. The van der Waals surface area contributed by atoms with Crippen molar-refractivity contribution in [1.82, 2.24) is 4.90 Å². The summed E-state index contributed by atoms with van der Waals surface area (Å²) >= 11 is 0. The predicted octanol–water partition coefficient (Wildman–Crippen LogP) is 3.05. The molecule has 1 fully saturated rings. The van der Waals surface area contributed by atoms with Crippen molar-refractivity contribution in [1.29, 1.82) is 0 Å². The zero-order chi connectivity index (χ0) is 12.3. The molecule has 16 heavy (non-hydrogen) atoms. The minimum atomic E-state index is -0.174. The lowest BCUT2D eigenvalue weighted by atomic mass is 9.72. The Morgan fingerprint density at radius 1 is 1.31 bits per heavy atom. The molecule has 1 aliphatic rings. The maximum atomic E-state index is 10.5. The molecule has 1 rings (SSSR count). The number of likely N-dealkylation sites (N-methyl/N-ethyl adjacent to an activating group) is 1. The second-order valence-electron chi connectivity index (χ2n) is 6.03. The number of aliphatic hydroxyl groups is 1. The summed E-state index contributed by atoms with van der Waals surface area (Å²) in [6.07, 6.45) is 5.73. The number of aliphatic hydroxyl groups excluding tert-OH is 1. The van der Waals surface area contributed by atoms with Crippen molar-refractivity contribution < 1.29 is 5.11 Å². The van der Waals surface area contributed by atoms with Crippen molar-refractivity contribution in [2.75, 3.05) is 7.05 Å². The maximum absolute atomic E-state index is 10.5. The minimum Gasteiger partial charge on any atom is -0.391 e. The summed E-state index contributed by atoms with van der Waals surface area (Å²) < 4.78 is 0. The molecule has 0 aliphatic heterocycles. The second kappa shape index (κ2) is 5.50. The summed E-state index contributed by atoms with van der Waals surface area (Å²) in [6.45, 7) is 8.88. The van der Waals surface area contributed by atoms with Gasteiger partial charge in [0.05, 0.1) is 6.10 Å². The topological polar surface area (TPSA) is 23.5 Å². The summed E-state index contributed by atoms with van der Waals surface area (Å²) in [5.41, 5.74) is 0.0865. The smallest absolute Gasteiger partial charge is 0.0746 e. The van der Waals surface area contributed by atoms with Gasteiger partial charge in [-0.25, -0.2) is 0 Å². The Bertz CT molecular complexity index is 211. The third-order valence-corrected chi connectivity index (χ3v) is 4.53. The lowest BCUT2D eigenvalue weighted by molar-refractivity contribution is -0.0617. The number of nitrogens with zero attached hydrogens (tertiary/aromatic N) is 1. The average Bonchev–Trinajstić information content (AvgIpc) is 2.23. The van der Waals surface area contributed by atoms with E-state index in [1.54, 1.807) is 0 Å². The van der Waals surface area contributed by atoms with E-state index in [9.17, 15) is 5.11 Å². The average molecular weight is 227 g/mol. The van der Waals surface area contributed by atoms with E-state index in [0.717, 1.165) is 12.8 Å². The monoisotopic (exact) mass is 227 g/mol. The minimum absolute atomic E-state index is 0.0865. The standard InChI is InChI=1S/C14H29NO/c1-6-11(7-2)15(5)12-9-8-10-14(3,4)13(12)16/h11-13,16H,6-10H2,1-5H3. The van der Waals surface area contributed by atoms with Gasteiger partial charge in [-0.1, -0.05) is 34.1 Å². The first-order valence-corrected chi connectivity index (χ1v) is 6.84. The first-order valence-electron chi connectivity index (χ1n) is 6.84. The highest BCUT2D eigenvalue weighted by atomic mass is 16.3. The van der Waals surface area contributed by atoms with E-state index in [-0.39, 0.29) is 11.5 Å². The Kier molecular flexibility index (Phi) is 4.81. The van der Waals surface area contributed by atoms with Crippen LogP contribution in [0.25, 0.3) is 0 Å². The zero-order valence-corrected chi connectivity index (χ0v) is 11.7. The molecule has 0 bridgehead atoms. The number of rotatable bonds is 4. The van der Waals surface area contributed by atoms with Crippen LogP contribution in [0.4, 0.5) is 0 Å². The largest absolute Gasteiger partial charge is 0.391 e. The predicted molar refractivity (Wildman–Crippen MR) is 69.6 cm³/mol. The molecule has 0 radical (unpaired) electrons. The Labute approximate surface area is 101 Å². The third kappa shape index (κ3) is 2.78. The van der Waals surface area contributed by atoms with Crippen molar-refractivity contribution in [3.05, 3.63) is 0 Å². The van der Waals surface area contributed by atoms with E-state index in [1.807, 2.05) is 0 Å². The van der Waals surface area contributed by atoms with Crippen LogP contribution < -0.4 is 0 Å². The zero-order valence-electron chi connectivity index (χ0n) is 11.7. The van der Waals surface area contributed by atoms with Crippen molar-refractivity contribution in [3.63, 3.8) is 0 Å².